The molecule has 0 spiro atoms. The van der Waals surface area contributed by atoms with E-state index in [1.54, 1.807) is 12.1 Å². The smallest absolute Gasteiger partial charge is 0.340 e. The number of quaternary nitrogens is 1. The fourth-order valence-corrected chi connectivity index (χ4v) is 3.77. The zero-order chi connectivity index (χ0) is 26.1. The molecular formula is C22H35ClF2N3O6+. The van der Waals surface area contributed by atoms with Gasteiger partial charge in [0.05, 0.1) is 11.7 Å². The van der Waals surface area contributed by atoms with Crippen LogP contribution in [0.3, 0.4) is 0 Å². The lowest BCUT2D eigenvalue weighted by molar-refractivity contribution is -0.670. The van der Waals surface area contributed by atoms with Crippen LogP contribution in [0.15, 0.2) is 17.7 Å². The van der Waals surface area contributed by atoms with Gasteiger partial charge in [-0.25, -0.2) is 30.6 Å². The van der Waals surface area contributed by atoms with Crippen molar-refractivity contribution in [2.24, 2.45) is 5.90 Å². The normalized spacial score (nSPS) is 18.2. The third kappa shape index (κ3) is 8.73. The lowest BCUT2D eigenvalue weighted by atomic mass is 9.85. The number of hydrogen-bond donors (Lipinski definition) is 5. The summed E-state index contributed by atoms with van der Waals surface area (Å²) in [5.74, 6) is 2.95. The van der Waals surface area contributed by atoms with Crippen LogP contribution < -0.4 is 21.8 Å². The van der Waals surface area contributed by atoms with Crippen LogP contribution in [0.1, 0.15) is 51.7 Å². The van der Waals surface area contributed by atoms with Crippen molar-refractivity contribution in [3.63, 3.8) is 0 Å². The number of esters is 1. The van der Waals surface area contributed by atoms with E-state index in [0.29, 0.717) is 17.5 Å². The summed E-state index contributed by atoms with van der Waals surface area (Å²) in [5, 5.41) is 19.2. The van der Waals surface area contributed by atoms with Crippen molar-refractivity contribution in [2.75, 3.05) is 19.9 Å². The van der Waals surface area contributed by atoms with Gasteiger partial charge >= 0.3 is 5.97 Å². The lowest BCUT2D eigenvalue weighted by Crippen LogP contribution is -2.42. The lowest BCUT2D eigenvalue weighted by Gasteiger charge is -2.31. The highest BCUT2D eigenvalue weighted by atomic mass is 35.5. The van der Waals surface area contributed by atoms with Gasteiger partial charge in [-0.15, -0.1) is 0 Å². The van der Waals surface area contributed by atoms with Crippen molar-refractivity contribution in [3.8, 4) is 5.75 Å². The van der Waals surface area contributed by atoms with E-state index in [9.17, 15) is 13.6 Å². The SMILES string of the molecule is CC(C)(C)c1cc2c(cc1Cl)C=C(C(=O)OCON)C(C(C)(F)F)O2.OC1CCNCC1.[NH3+]O. The second-order valence-electron chi connectivity index (χ2n) is 8.87. The fourth-order valence-electron chi connectivity index (χ4n) is 3.31. The van der Waals surface area contributed by atoms with Gasteiger partial charge in [-0.05, 0) is 55.1 Å². The summed E-state index contributed by atoms with van der Waals surface area (Å²) in [4.78, 5) is 16.2. The molecule has 0 saturated carbocycles. The van der Waals surface area contributed by atoms with E-state index >= 15 is 0 Å². The highest BCUT2D eigenvalue weighted by molar-refractivity contribution is 6.31. The summed E-state index contributed by atoms with van der Waals surface area (Å²) in [7, 11) is 0. The zero-order valence-corrected chi connectivity index (χ0v) is 20.6. The Labute approximate surface area is 202 Å². The van der Waals surface area contributed by atoms with Crippen LogP contribution in [0.2, 0.25) is 5.02 Å². The molecule has 0 aliphatic carbocycles. The van der Waals surface area contributed by atoms with E-state index in [1.165, 1.54) is 6.08 Å². The third-order valence-electron chi connectivity index (χ3n) is 5.01. The Bertz CT molecular complexity index is 837. The standard InChI is InChI=1S/C17H20ClF2NO4.C5H11NO.H4NO/c1-16(2,3)11-7-13-9(6-12(11)18)5-10(15(22)23-8-24-21)14(25-13)17(4,19)20;7-5-1-3-6-4-2-5;1-2/h5-7,14H,8,21H2,1-4H3;5-7H,1-4H2;2H,1H3/q;;+1. The highest BCUT2D eigenvalue weighted by Gasteiger charge is 2.44. The number of hydrogen-bond acceptors (Lipinski definition) is 8. The number of rotatable bonds is 4. The van der Waals surface area contributed by atoms with Crippen LogP contribution in [-0.4, -0.2) is 54.3 Å². The van der Waals surface area contributed by atoms with Crippen LogP contribution in [0, 0.1) is 0 Å². The summed E-state index contributed by atoms with van der Waals surface area (Å²) in [6.45, 7) is 7.92. The summed E-state index contributed by atoms with van der Waals surface area (Å²) in [5.41, 5.74) is 0.527. The van der Waals surface area contributed by atoms with Crippen molar-refractivity contribution in [1.29, 1.82) is 0 Å². The van der Waals surface area contributed by atoms with E-state index in [2.05, 4.69) is 20.8 Å². The first-order valence-corrected chi connectivity index (χ1v) is 11.0. The van der Waals surface area contributed by atoms with Crippen LogP contribution in [-0.2, 0) is 19.8 Å². The zero-order valence-electron chi connectivity index (χ0n) is 19.9. The molecule has 1 atom stereocenters. The van der Waals surface area contributed by atoms with Gasteiger partial charge in [0.1, 0.15) is 5.75 Å². The third-order valence-corrected chi connectivity index (χ3v) is 5.32. The fraction of sp³-hybridized carbons (Fsp3) is 0.591. The minimum atomic E-state index is -3.31. The van der Waals surface area contributed by atoms with Gasteiger partial charge in [0.2, 0.25) is 6.79 Å². The van der Waals surface area contributed by atoms with Gasteiger partial charge in [0.15, 0.2) is 6.10 Å². The van der Waals surface area contributed by atoms with E-state index in [1.807, 2.05) is 20.8 Å². The Balaban J connectivity index is 0.000000540. The Morgan fingerprint density at radius 3 is 2.29 bits per heavy atom. The molecule has 1 fully saturated rings. The number of ether oxygens (including phenoxy) is 2. The Hall–Kier alpha value is -1.86. The number of benzene rings is 1. The maximum atomic E-state index is 14.0. The Morgan fingerprint density at radius 2 is 1.85 bits per heavy atom. The highest BCUT2D eigenvalue weighted by Crippen LogP contribution is 2.41. The number of carbonyl (C=O) groups excluding carboxylic acids is 1. The topological polar surface area (TPSA) is 151 Å². The summed E-state index contributed by atoms with van der Waals surface area (Å²) >= 11 is 6.30. The predicted molar refractivity (Wildman–Crippen MR) is 122 cm³/mol. The molecule has 2 heterocycles. The molecular weight excluding hydrogens is 476 g/mol. The molecule has 1 unspecified atom stereocenters. The number of fused-ring (bicyclic) bond motifs is 1. The number of carbonyl (C=O) groups is 1. The van der Waals surface area contributed by atoms with Crippen molar-refractivity contribution in [3.05, 3.63) is 33.9 Å². The molecule has 34 heavy (non-hydrogen) atoms. The second kappa shape index (κ2) is 13.3. The molecule has 1 aromatic carbocycles. The maximum Gasteiger partial charge on any atom is 0.340 e. The van der Waals surface area contributed by atoms with Crippen LogP contribution in [0.4, 0.5) is 8.78 Å². The average Bonchev–Trinajstić information content (AvgIpc) is 2.77. The van der Waals surface area contributed by atoms with Gasteiger partial charge in [0.25, 0.3) is 5.92 Å². The predicted octanol–water partition coefficient (Wildman–Crippen LogP) is 2.18. The molecule has 0 bridgehead atoms. The summed E-state index contributed by atoms with van der Waals surface area (Å²) in [6, 6.07) is 3.20. The average molecular weight is 511 g/mol. The summed E-state index contributed by atoms with van der Waals surface area (Å²) in [6.07, 6.45) is 1.33. The number of halogens is 3. The molecule has 12 heteroatoms. The largest absolute Gasteiger partial charge is 0.478 e. The van der Waals surface area contributed by atoms with Gasteiger partial charge in [-0.2, -0.15) is 0 Å². The number of nitrogens with two attached hydrogens (primary N) is 1. The van der Waals surface area contributed by atoms with Crippen LogP contribution in [0.5, 0.6) is 5.75 Å². The molecule has 0 aromatic heterocycles. The first-order chi connectivity index (χ1) is 15.8. The second-order valence-corrected chi connectivity index (χ2v) is 9.28. The van der Waals surface area contributed by atoms with Crippen LogP contribution in [0.25, 0.3) is 6.08 Å². The molecule has 3 rings (SSSR count). The van der Waals surface area contributed by atoms with Gasteiger partial charge in [0, 0.05) is 17.5 Å². The van der Waals surface area contributed by atoms with E-state index < -0.39 is 24.8 Å². The monoisotopic (exact) mass is 510 g/mol. The van der Waals surface area contributed by atoms with Gasteiger partial charge in [-0.1, -0.05) is 32.4 Å². The summed E-state index contributed by atoms with van der Waals surface area (Å²) < 4.78 is 38.1. The minimum Gasteiger partial charge on any atom is -0.478 e. The van der Waals surface area contributed by atoms with E-state index in [4.69, 9.17) is 32.5 Å². The number of nitrogens with one attached hydrogen (secondary N) is 1. The van der Waals surface area contributed by atoms with Crippen molar-refractivity contribution >= 4 is 23.6 Å². The van der Waals surface area contributed by atoms with Crippen molar-refractivity contribution < 1.29 is 44.1 Å². The molecule has 2 aliphatic rings. The molecule has 1 saturated heterocycles. The van der Waals surface area contributed by atoms with Gasteiger partial charge in [-0.3, -0.25) is 4.84 Å². The Kier molecular flexibility index (Phi) is 11.8. The first kappa shape index (κ1) is 30.2. The van der Waals surface area contributed by atoms with Crippen LogP contribution >= 0.6 is 11.6 Å². The molecule has 1 aromatic rings. The molecule has 2 aliphatic heterocycles. The minimum absolute atomic E-state index is 0.0266. The number of alkyl halides is 2. The maximum absolute atomic E-state index is 14.0. The first-order valence-electron chi connectivity index (χ1n) is 10.6. The van der Waals surface area contributed by atoms with E-state index in [-0.39, 0.29) is 22.8 Å². The van der Waals surface area contributed by atoms with Gasteiger partial charge < -0.3 is 19.9 Å². The molecule has 0 radical (unpaired) electrons. The molecule has 194 valence electrons. The van der Waals surface area contributed by atoms with Crippen molar-refractivity contribution in [1.82, 2.24) is 5.32 Å². The molecule has 0 amide bonds. The number of aliphatic hydroxyl groups excluding tert-OH is 1. The molecule has 9 nitrogen and oxygen atoms in total. The molecule has 8 N–H and O–H groups in total. The number of aliphatic hydroxyl groups is 1. The Morgan fingerprint density at radius 1 is 1.26 bits per heavy atom. The van der Waals surface area contributed by atoms with Crippen molar-refractivity contribution in [2.45, 2.75) is 64.1 Å². The van der Waals surface area contributed by atoms with E-state index in [0.717, 1.165) is 31.5 Å². The quantitative estimate of drug-likeness (QED) is 0.235. The number of piperidine rings is 1.